The third-order valence-corrected chi connectivity index (χ3v) is 5.16. The molecule has 1 aromatic heterocycles. The van der Waals surface area contributed by atoms with Crippen LogP contribution < -0.4 is 5.32 Å². The average molecular weight is 314 g/mol. The van der Waals surface area contributed by atoms with Crippen molar-refractivity contribution in [2.75, 3.05) is 5.32 Å². The molecule has 2 aromatic rings. The minimum absolute atomic E-state index is 0.0744. The lowest BCUT2D eigenvalue weighted by Crippen LogP contribution is -2.27. The van der Waals surface area contributed by atoms with Crippen LogP contribution in [0.25, 0.3) is 0 Å². The molecule has 0 bridgehead atoms. The summed E-state index contributed by atoms with van der Waals surface area (Å²) in [4.78, 5) is 18.0. The Balaban J connectivity index is 1.79. The van der Waals surface area contributed by atoms with Crippen LogP contribution in [0.2, 0.25) is 0 Å². The van der Waals surface area contributed by atoms with E-state index < -0.39 is 0 Å². The first kappa shape index (κ1) is 15.2. The summed E-state index contributed by atoms with van der Waals surface area (Å²) in [5.74, 6) is 0.0744. The first-order valence-corrected chi connectivity index (χ1v) is 8.48. The molecule has 0 radical (unpaired) electrons. The van der Waals surface area contributed by atoms with E-state index in [-0.39, 0.29) is 16.7 Å². The number of carbonyl (C=O) groups is 1. The topological polar surface area (TPSA) is 42.0 Å². The largest absolute Gasteiger partial charge is 0.301 e. The molecule has 0 aliphatic heterocycles. The normalized spacial score (nSPS) is 16.4. The molecule has 1 saturated carbocycles. The monoisotopic (exact) mass is 314 g/mol. The van der Waals surface area contributed by atoms with Crippen molar-refractivity contribution in [3.8, 4) is 0 Å². The fourth-order valence-corrected chi connectivity index (χ4v) is 3.35. The molecule has 0 saturated heterocycles. The van der Waals surface area contributed by atoms with Crippen LogP contribution in [0.5, 0.6) is 0 Å². The highest BCUT2D eigenvalue weighted by Gasteiger charge is 2.51. The first-order chi connectivity index (χ1) is 10.3. The number of aryl methyl sites for hydroxylation is 1. The number of nitrogens with one attached hydrogen (secondary N) is 1. The maximum Gasteiger partial charge on any atom is 0.236 e. The van der Waals surface area contributed by atoms with E-state index in [4.69, 9.17) is 0 Å². The van der Waals surface area contributed by atoms with Crippen LogP contribution in [0, 0.1) is 6.92 Å². The van der Waals surface area contributed by atoms with E-state index in [1.165, 1.54) is 16.9 Å². The Morgan fingerprint density at radius 3 is 2.32 bits per heavy atom. The molecular formula is C18H22N2OS. The predicted octanol–water partition coefficient (Wildman–Crippen LogP) is 4.42. The van der Waals surface area contributed by atoms with Crippen LogP contribution in [0.15, 0.2) is 30.5 Å². The highest BCUT2D eigenvalue weighted by molar-refractivity contribution is 7.15. The van der Waals surface area contributed by atoms with Gasteiger partial charge < -0.3 is 5.32 Å². The summed E-state index contributed by atoms with van der Waals surface area (Å²) in [6.07, 6.45) is 3.62. The van der Waals surface area contributed by atoms with Crippen LogP contribution in [-0.2, 0) is 15.6 Å². The third kappa shape index (κ3) is 2.80. The Morgan fingerprint density at radius 1 is 1.23 bits per heavy atom. The van der Waals surface area contributed by atoms with Gasteiger partial charge in [0.25, 0.3) is 0 Å². The van der Waals surface area contributed by atoms with Gasteiger partial charge in [-0.2, -0.15) is 0 Å². The van der Waals surface area contributed by atoms with Crippen molar-refractivity contribution in [2.45, 2.75) is 51.4 Å². The molecule has 1 aliphatic carbocycles. The fourth-order valence-electron chi connectivity index (χ4n) is 2.69. The Kier molecular flexibility index (Phi) is 3.60. The second kappa shape index (κ2) is 5.20. The number of rotatable bonds is 3. The minimum Gasteiger partial charge on any atom is -0.301 e. The van der Waals surface area contributed by atoms with E-state index in [2.05, 4.69) is 55.3 Å². The van der Waals surface area contributed by atoms with Crippen molar-refractivity contribution in [1.82, 2.24) is 4.98 Å². The Labute approximate surface area is 135 Å². The summed E-state index contributed by atoms with van der Waals surface area (Å²) in [7, 11) is 0. The molecule has 0 spiro atoms. The summed E-state index contributed by atoms with van der Waals surface area (Å²) < 4.78 is 0. The maximum atomic E-state index is 12.6. The molecule has 3 rings (SSSR count). The Morgan fingerprint density at radius 2 is 1.86 bits per heavy atom. The summed E-state index contributed by atoms with van der Waals surface area (Å²) in [5.41, 5.74) is 2.20. The number of amides is 1. The Bertz CT molecular complexity index is 691. The number of hydrogen-bond acceptors (Lipinski definition) is 3. The summed E-state index contributed by atoms with van der Waals surface area (Å²) in [6, 6.07) is 8.52. The lowest BCUT2D eigenvalue weighted by molar-refractivity contribution is -0.118. The number of hydrogen-bond donors (Lipinski definition) is 1. The van der Waals surface area contributed by atoms with Gasteiger partial charge in [0.2, 0.25) is 5.91 Å². The fraction of sp³-hybridized carbons (Fsp3) is 0.444. The van der Waals surface area contributed by atoms with Crippen LogP contribution in [0.3, 0.4) is 0 Å². The smallest absolute Gasteiger partial charge is 0.236 e. The van der Waals surface area contributed by atoms with Crippen molar-refractivity contribution in [1.29, 1.82) is 0 Å². The Hall–Kier alpha value is -1.68. The van der Waals surface area contributed by atoms with Gasteiger partial charge in [-0.3, -0.25) is 4.79 Å². The number of thiazole rings is 1. The van der Waals surface area contributed by atoms with Crippen LogP contribution >= 0.6 is 11.3 Å². The van der Waals surface area contributed by atoms with Crippen LogP contribution in [-0.4, -0.2) is 10.9 Å². The molecule has 0 atom stereocenters. The zero-order valence-corrected chi connectivity index (χ0v) is 14.4. The summed E-state index contributed by atoms with van der Waals surface area (Å²) in [5, 5.41) is 3.67. The van der Waals surface area contributed by atoms with Gasteiger partial charge in [-0.15, -0.1) is 11.3 Å². The molecule has 1 aromatic carbocycles. The molecular weight excluding hydrogens is 292 g/mol. The molecule has 1 fully saturated rings. The van der Waals surface area contributed by atoms with Gasteiger partial charge in [0.05, 0.1) is 5.41 Å². The number of carbonyl (C=O) groups excluding carboxylic acids is 1. The SMILES string of the molecule is Cc1cnc(NC(=O)C2(c3ccc(C(C)(C)C)cc3)CC2)s1. The van der Waals surface area contributed by atoms with E-state index in [1.54, 1.807) is 6.20 Å². The minimum atomic E-state index is -0.351. The number of benzene rings is 1. The molecule has 1 amide bonds. The van der Waals surface area contributed by atoms with Crippen molar-refractivity contribution >= 4 is 22.4 Å². The quantitative estimate of drug-likeness (QED) is 0.911. The molecule has 3 nitrogen and oxygen atoms in total. The van der Waals surface area contributed by atoms with Gasteiger partial charge in [-0.1, -0.05) is 45.0 Å². The second-order valence-corrected chi connectivity index (χ2v) is 8.37. The summed E-state index contributed by atoms with van der Waals surface area (Å²) >= 11 is 1.52. The van der Waals surface area contributed by atoms with Gasteiger partial charge >= 0.3 is 0 Å². The lowest BCUT2D eigenvalue weighted by Gasteiger charge is -2.21. The van der Waals surface area contributed by atoms with Crippen molar-refractivity contribution in [3.63, 3.8) is 0 Å². The zero-order chi connectivity index (χ0) is 16.0. The highest BCUT2D eigenvalue weighted by atomic mass is 32.1. The van der Waals surface area contributed by atoms with Gasteiger partial charge in [0.1, 0.15) is 0 Å². The van der Waals surface area contributed by atoms with E-state index in [0.29, 0.717) is 5.13 Å². The van der Waals surface area contributed by atoms with Gasteiger partial charge in [-0.25, -0.2) is 4.98 Å². The molecule has 1 N–H and O–H groups in total. The number of nitrogens with zero attached hydrogens (tertiary/aromatic N) is 1. The molecule has 1 heterocycles. The van der Waals surface area contributed by atoms with Gasteiger partial charge in [0, 0.05) is 11.1 Å². The molecule has 116 valence electrons. The third-order valence-electron chi connectivity index (χ3n) is 4.33. The van der Waals surface area contributed by atoms with Crippen LogP contribution in [0.1, 0.15) is 49.6 Å². The average Bonchev–Trinajstić information content (AvgIpc) is 3.17. The summed E-state index contributed by atoms with van der Waals surface area (Å²) in [6.45, 7) is 8.59. The zero-order valence-electron chi connectivity index (χ0n) is 13.6. The van der Waals surface area contributed by atoms with Crippen LogP contribution in [0.4, 0.5) is 5.13 Å². The number of anilines is 1. The molecule has 1 aliphatic rings. The van der Waals surface area contributed by atoms with Gasteiger partial charge in [-0.05, 0) is 36.3 Å². The second-order valence-electron chi connectivity index (χ2n) is 7.14. The van der Waals surface area contributed by atoms with E-state index in [0.717, 1.165) is 23.3 Å². The van der Waals surface area contributed by atoms with Crippen molar-refractivity contribution in [3.05, 3.63) is 46.5 Å². The van der Waals surface area contributed by atoms with Crippen molar-refractivity contribution in [2.24, 2.45) is 0 Å². The van der Waals surface area contributed by atoms with E-state index in [1.807, 2.05) is 6.92 Å². The standard InChI is InChI=1S/C18H22N2OS/c1-12-11-19-16(22-12)20-15(21)18(9-10-18)14-7-5-13(6-8-14)17(2,3)4/h5-8,11H,9-10H2,1-4H3,(H,19,20,21). The molecule has 22 heavy (non-hydrogen) atoms. The van der Waals surface area contributed by atoms with E-state index in [9.17, 15) is 4.79 Å². The predicted molar refractivity (Wildman–Crippen MR) is 91.5 cm³/mol. The molecule has 4 heteroatoms. The van der Waals surface area contributed by atoms with Gasteiger partial charge in [0.15, 0.2) is 5.13 Å². The highest BCUT2D eigenvalue weighted by Crippen LogP contribution is 2.49. The number of aromatic nitrogens is 1. The maximum absolute atomic E-state index is 12.6. The first-order valence-electron chi connectivity index (χ1n) is 7.66. The lowest BCUT2D eigenvalue weighted by atomic mass is 9.85. The van der Waals surface area contributed by atoms with E-state index >= 15 is 0 Å². The van der Waals surface area contributed by atoms with Crippen molar-refractivity contribution < 1.29 is 4.79 Å². The molecule has 0 unspecified atom stereocenters.